The molecule has 2 aliphatic heterocycles. The first-order valence-electron chi connectivity index (χ1n) is 9.81. The molecule has 4 rings (SSSR count). The molecule has 2 heterocycles. The van der Waals surface area contributed by atoms with Crippen molar-refractivity contribution in [1.82, 2.24) is 5.32 Å². The number of amides is 1. The van der Waals surface area contributed by atoms with Crippen molar-refractivity contribution in [3.63, 3.8) is 0 Å². The summed E-state index contributed by atoms with van der Waals surface area (Å²) in [7, 11) is 0. The van der Waals surface area contributed by atoms with E-state index in [9.17, 15) is 18.5 Å². The fraction of sp³-hybridized carbons (Fsp3) is 0.632. The first-order valence-corrected chi connectivity index (χ1v) is 11.0. The fourth-order valence-electron chi connectivity index (χ4n) is 3.93. The highest BCUT2D eigenvalue weighted by molar-refractivity contribution is 8.00. The van der Waals surface area contributed by atoms with Crippen molar-refractivity contribution in [3.05, 3.63) is 28.7 Å². The minimum Gasteiger partial charge on any atom is -0.381 e. The van der Waals surface area contributed by atoms with Crippen molar-refractivity contribution < 1.29 is 18.4 Å². The lowest BCUT2D eigenvalue weighted by Gasteiger charge is -2.56. The number of nitrogens with one attached hydrogen (secondary N) is 2. The summed E-state index contributed by atoms with van der Waals surface area (Å²) in [5.74, 6) is 0.792. The molecule has 1 spiro atoms. The van der Waals surface area contributed by atoms with Gasteiger partial charge in [0.05, 0.1) is 13.1 Å². The van der Waals surface area contributed by atoms with Crippen molar-refractivity contribution in [2.45, 2.75) is 25.4 Å². The van der Waals surface area contributed by atoms with Crippen molar-refractivity contribution in [2.75, 3.05) is 47.9 Å². The highest BCUT2D eigenvalue weighted by Crippen LogP contribution is 2.47. The number of thioether (sulfide) groups is 1. The number of benzene rings is 1. The Balaban J connectivity index is 1.31. The summed E-state index contributed by atoms with van der Waals surface area (Å²) in [6.07, 6.45) is 2.03. The van der Waals surface area contributed by atoms with Crippen LogP contribution in [0.3, 0.4) is 0 Å². The molecule has 3 aliphatic rings. The number of hydrogen-bond donors (Lipinski definition) is 2. The number of anilines is 2. The fourth-order valence-corrected chi connectivity index (χ4v) is 5.08. The Morgan fingerprint density at radius 2 is 1.97 bits per heavy atom. The van der Waals surface area contributed by atoms with Gasteiger partial charge in [0.2, 0.25) is 5.91 Å². The minimum absolute atomic E-state index is 0.00759. The summed E-state index contributed by atoms with van der Waals surface area (Å²) in [6.45, 7) is 1.52. The molecule has 0 bridgehead atoms. The molecule has 1 atom stereocenters. The van der Waals surface area contributed by atoms with Crippen LogP contribution in [0.15, 0.2) is 17.5 Å². The van der Waals surface area contributed by atoms with Gasteiger partial charge in [-0.15, -0.1) is 4.91 Å². The third-order valence-electron chi connectivity index (χ3n) is 5.91. The maximum Gasteiger partial charge on any atom is 0.223 e. The molecule has 7 nitrogen and oxygen atoms in total. The zero-order valence-electron chi connectivity index (χ0n) is 16.0. The summed E-state index contributed by atoms with van der Waals surface area (Å²) in [5.41, 5.74) is 0.479. The Morgan fingerprint density at radius 1 is 1.28 bits per heavy atom. The molecule has 1 amide bonds. The third kappa shape index (κ3) is 4.26. The monoisotopic (exact) mass is 426 g/mol. The largest absolute Gasteiger partial charge is 0.381 e. The van der Waals surface area contributed by atoms with Crippen LogP contribution >= 0.6 is 11.8 Å². The number of carbonyl (C=O) groups excluding carboxylic acids is 1. The maximum atomic E-state index is 14.5. The molecule has 1 aromatic carbocycles. The maximum absolute atomic E-state index is 14.5. The first-order chi connectivity index (χ1) is 14.0. The lowest BCUT2D eigenvalue weighted by Crippen LogP contribution is -2.63. The number of rotatable bonds is 9. The molecule has 1 unspecified atom stereocenters. The second kappa shape index (κ2) is 8.33. The highest BCUT2D eigenvalue weighted by atomic mass is 32.2. The van der Waals surface area contributed by atoms with E-state index >= 15 is 0 Å². The van der Waals surface area contributed by atoms with E-state index in [1.807, 2.05) is 11.8 Å². The second-order valence-corrected chi connectivity index (χ2v) is 9.18. The Hall–Kier alpha value is -2.10. The van der Waals surface area contributed by atoms with Gasteiger partial charge in [-0.2, -0.15) is 11.8 Å². The van der Waals surface area contributed by atoms with Crippen LogP contribution in [-0.2, 0) is 9.63 Å². The van der Waals surface area contributed by atoms with Crippen LogP contribution in [0.4, 0.5) is 20.2 Å². The second-order valence-electron chi connectivity index (χ2n) is 8.19. The molecule has 3 fully saturated rings. The standard InChI is InChI=1S/C19H24F2N4O3S/c20-15-4-13(5-16(21)17(15)25-8-19(9-25)10-29-11-19)22-6-14(28-24-27)7-23-18(26)12-2-1-3-12/h4-5,12,14,22H,1-3,6-11H2,(H,23,26). The van der Waals surface area contributed by atoms with Gasteiger partial charge in [0.25, 0.3) is 0 Å². The zero-order valence-corrected chi connectivity index (χ0v) is 16.8. The Morgan fingerprint density at radius 3 is 2.48 bits per heavy atom. The molecule has 29 heavy (non-hydrogen) atoms. The Kier molecular flexibility index (Phi) is 5.80. The van der Waals surface area contributed by atoms with Gasteiger partial charge in [-0.3, -0.25) is 4.79 Å². The van der Waals surface area contributed by atoms with Crippen LogP contribution in [0.1, 0.15) is 19.3 Å². The average Bonchev–Trinajstić information content (AvgIpc) is 2.55. The van der Waals surface area contributed by atoms with Crippen LogP contribution < -0.4 is 15.5 Å². The van der Waals surface area contributed by atoms with Gasteiger partial charge < -0.3 is 20.4 Å². The molecule has 0 aromatic heterocycles. The predicted molar refractivity (Wildman–Crippen MR) is 108 cm³/mol. The molecular weight excluding hydrogens is 402 g/mol. The molecule has 1 saturated carbocycles. The van der Waals surface area contributed by atoms with Crippen molar-refractivity contribution in [2.24, 2.45) is 16.7 Å². The number of nitrogens with zero attached hydrogens (tertiary/aromatic N) is 2. The lowest BCUT2D eigenvalue weighted by atomic mass is 9.82. The summed E-state index contributed by atoms with van der Waals surface area (Å²) >= 11 is 1.86. The quantitative estimate of drug-likeness (QED) is 0.467. The van der Waals surface area contributed by atoms with E-state index in [1.165, 1.54) is 12.1 Å². The van der Waals surface area contributed by atoms with E-state index < -0.39 is 17.7 Å². The number of hydrogen-bond acceptors (Lipinski definition) is 7. The first kappa shape index (κ1) is 20.2. The van der Waals surface area contributed by atoms with Gasteiger partial charge in [0.1, 0.15) is 5.69 Å². The van der Waals surface area contributed by atoms with E-state index in [4.69, 9.17) is 4.84 Å². The van der Waals surface area contributed by atoms with Crippen LogP contribution in [0, 0.1) is 27.9 Å². The van der Waals surface area contributed by atoms with Gasteiger partial charge in [0, 0.05) is 41.6 Å². The molecule has 158 valence electrons. The molecule has 2 saturated heterocycles. The topological polar surface area (TPSA) is 83.0 Å². The van der Waals surface area contributed by atoms with Crippen molar-refractivity contribution in [3.8, 4) is 0 Å². The van der Waals surface area contributed by atoms with Crippen LogP contribution in [0.25, 0.3) is 0 Å². The predicted octanol–water partition coefficient (Wildman–Crippen LogP) is 2.91. The lowest BCUT2D eigenvalue weighted by molar-refractivity contribution is -0.128. The number of halogens is 2. The molecule has 1 aromatic rings. The van der Waals surface area contributed by atoms with E-state index in [2.05, 4.69) is 16.0 Å². The van der Waals surface area contributed by atoms with Gasteiger partial charge in [-0.1, -0.05) is 6.42 Å². The van der Waals surface area contributed by atoms with Crippen molar-refractivity contribution >= 4 is 29.0 Å². The Bertz CT molecular complexity index is 758. The summed E-state index contributed by atoms with van der Waals surface area (Å²) in [5, 5.41) is 8.01. The molecule has 0 radical (unpaired) electrons. The van der Waals surface area contributed by atoms with Gasteiger partial charge in [-0.05, 0) is 25.0 Å². The normalized spacial score (nSPS) is 20.8. The third-order valence-corrected chi connectivity index (χ3v) is 7.54. The number of carbonyl (C=O) groups is 1. The van der Waals surface area contributed by atoms with Gasteiger partial charge >= 0.3 is 0 Å². The molecule has 10 heteroatoms. The van der Waals surface area contributed by atoms with Crippen molar-refractivity contribution in [1.29, 1.82) is 0 Å². The van der Waals surface area contributed by atoms with E-state index in [1.54, 1.807) is 4.90 Å². The van der Waals surface area contributed by atoms with E-state index in [0.717, 1.165) is 30.8 Å². The molecule has 2 N–H and O–H groups in total. The smallest absolute Gasteiger partial charge is 0.223 e. The highest BCUT2D eigenvalue weighted by Gasteiger charge is 2.49. The van der Waals surface area contributed by atoms with Crippen LogP contribution in [0.5, 0.6) is 0 Å². The SMILES string of the molecule is O=NOC(CNC(=O)C1CCC1)CNc1cc(F)c(N2CC3(CSC3)C2)c(F)c1. The van der Waals surface area contributed by atoms with Crippen LogP contribution in [0.2, 0.25) is 0 Å². The van der Waals surface area contributed by atoms with E-state index in [-0.39, 0.29) is 41.7 Å². The summed E-state index contributed by atoms with van der Waals surface area (Å²) < 4.78 is 29.1. The summed E-state index contributed by atoms with van der Waals surface area (Å²) in [6, 6.07) is 2.47. The van der Waals surface area contributed by atoms with E-state index in [0.29, 0.717) is 13.1 Å². The molecular formula is C19H24F2N4O3S. The van der Waals surface area contributed by atoms with Crippen LogP contribution in [-0.4, -0.2) is 49.7 Å². The zero-order chi connectivity index (χ0) is 20.4. The molecule has 1 aliphatic carbocycles. The Labute approximate surface area is 171 Å². The van der Waals surface area contributed by atoms with Gasteiger partial charge in [-0.25, -0.2) is 8.78 Å². The average molecular weight is 426 g/mol. The summed E-state index contributed by atoms with van der Waals surface area (Å²) in [4.78, 5) is 28.9. The minimum atomic E-state index is -0.742. The van der Waals surface area contributed by atoms with Gasteiger partial charge in [0.15, 0.2) is 23.1 Å².